The van der Waals surface area contributed by atoms with E-state index in [1.54, 1.807) is 0 Å². The van der Waals surface area contributed by atoms with Gasteiger partial charge in [0.15, 0.2) is 5.15 Å². The van der Waals surface area contributed by atoms with Crippen molar-refractivity contribution < 1.29 is 4.79 Å². The van der Waals surface area contributed by atoms with Gasteiger partial charge in [0, 0.05) is 19.4 Å². The van der Waals surface area contributed by atoms with E-state index in [9.17, 15) is 9.59 Å². The lowest BCUT2D eigenvalue weighted by Crippen LogP contribution is -2.30. The summed E-state index contributed by atoms with van der Waals surface area (Å²) in [6.07, 6.45) is 2.77. The number of aromatic nitrogens is 2. The Balaban J connectivity index is 2.96. The molecular weight excluding hydrogens is 194 g/mol. The molecule has 0 aromatic carbocycles. The lowest BCUT2D eigenvalue weighted by atomic mass is 10.5. The molecule has 0 aliphatic heterocycles. The van der Waals surface area contributed by atoms with Crippen molar-refractivity contribution >= 4 is 17.5 Å². The number of carbonyl (C=O) groups excluding carboxylic acids is 1. The monoisotopic (exact) mass is 201 g/mol. The maximum absolute atomic E-state index is 11.2. The van der Waals surface area contributed by atoms with Crippen LogP contribution in [-0.2, 0) is 11.3 Å². The summed E-state index contributed by atoms with van der Waals surface area (Å²) in [5, 5.41) is 2.27. The standard InChI is InChI=1S/C7H8ClN3O2/c1-9-5(12)4-11-3-2-10-6(8)7(11)13/h2-3H,4H2,1H3,(H,9,12). The molecule has 0 aliphatic carbocycles. The number of rotatable bonds is 2. The molecule has 1 amide bonds. The molecule has 13 heavy (non-hydrogen) atoms. The van der Waals surface area contributed by atoms with E-state index in [0.717, 1.165) is 0 Å². The predicted octanol–water partition coefficient (Wildman–Crippen LogP) is -0.357. The number of nitrogens with one attached hydrogen (secondary N) is 1. The number of hydrogen-bond donors (Lipinski definition) is 1. The second kappa shape index (κ2) is 4.04. The maximum atomic E-state index is 11.2. The molecule has 0 fully saturated rings. The normalized spacial score (nSPS) is 9.69. The minimum absolute atomic E-state index is 0.0441. The lowest BCUT2D eigenvalue weighted by Gasteiger charge is -2.02. The number of nitrogens with zero attached hydrogens (tertiary/aromatic N) is 2. The highest BCUT2D eigenvalue weighted by molar-refractivity contribution is 6.29. The van der Waals surface area contributed by atoms with Gasteiger partial charge in [-0.25, -0.2) is 4.98 Å². The summed E-state index contributed by atoms with van der Waals surface area (Å²) in [6, 6.07) is 0. The van der Waals surface area contributed by atoms with Crippen LogP contribution in [0.3, 0.4) is 0 Å². The molecule has 1 rings (SSSR count). The van der Waals surface area contributed by atoms with Gasteiger partial charge >= 0.3 is 0 Å². The van der Waals surface area contributed by atoms with Gasteiger partial charge in [-0.2, -0.15) is 0 Å². The first-order chi connectivity index (χ1) is 6.15. The van der Waals surface area contributed by atoms with Gasteiger partial charge in [0.25, 0.3) is 5.56 Å². The number of likely N-dealkylation sites (N-methyl/N-ethyl adjacent to an activating group) is 1. The summed E-state index contributed by atoms with van der Waals surface area (Å²) in [4.78, 5) is 25.7. The fraction of sp³-hybridized carbons (Fsp3) is 0.286. The molecule has 0 bridgehead atoms. The van der Waals surface area contributed by atoms with Crippen LogP contribution in [0.2, 0.25) is 5.15 Å². The van der Waals surface area contributed by atoms with Gasteiger partial charge < -0.3 is 9.88 Å². The van der Waals surface area contributed by atoms with E-state index in [1.807, 2.05) is 0 Å². The Labute approximate surface area is 79.4 Å². The van der Waals surface area contributed by atoms with Crippen LogP contribution >= 0.6 is 11.6 Å². The van der Waals surface area contributed by atoms with Crippen molar-refractivity contribution in [2.24, 2.45) is 0 Å². The second-order valence-corrected chi connectivity index (χ2v) is 2.68. The first-order valence-corrected chi connectivity index (χ1v) is 3.94. The van der Waals surface area contributed by atoms with Crippen LogP contribution in [0.15, 0.2) is 17.2 Å². The highest BCUT2D eigenvalue weighted by Crippen LogP contribution is 1.92. The average Bonchev–Trinajstić information content (AvgIpc) is 2.13. The minimum atomic E-state index is -0.465. The molecule has 0 unspecified atom stereocenters. The number of amides is 1. The van der Waals surface area contributed by atoms with Gasteiger partial charge in [0.1, 0.15) is 6.54 Å². The summed E-state index contributed by atoms with van der Waals surface area (Å²) >= 11 is 5.46. The van der Waals surface area contributed by atoms with Crippen molar-refractivity contribution in [1.29, 1.82) is 0 Å². The topological polar surface area (TPSA) is 64.0 Å². The summed E-state index contributed by atoms with van der Waals surface area (Å²) in [7, 11) is 1.50. The van der Waals surface area contributed by atoms with E-state index in [-0.39, 0.29) is 17.6 Å². The summed E-state index contributed by atoms with van der Waals surface area (Å²) in [5.41, 5.74) is -0.465. The van der Waals surface area contributed by atoms with Crippen LogP contribution in [0.1, 0.15) is 0 Å². The third kappa shape index (κ3) is 2.29. The SMILES string of the molecule is CNC(=O)Cn1ccnc(Cl)c1=O. The van der Waals surface area contributed by atoms with E-state index in [4.69, 9.17) is 11.6 Å². The first-order valence-electron chi connectivity index (χ1n) is 3.56. The summed E-state index contributed by atoms with van der Waals surface area (Å²) in [6.45, 7) is -0.0441. The third-order valence-electron chi connectivity index (χ3n) is 1.46. The van der Waals surface area contributed by atoms with Gasteiger partial charge in [0.2, 0.25) is 5.91 Å². The number of halogens is 1. The predicted molar refractivity (Wildman–Crippen MR) is 47.6 cm³/mol. The number of carbonyl (C=O) groups is 1. The molecule has 70 valence electrons. The molecule has 1 aromatic heterocycles. The smallest absolute Gasteiger partial charge is 0.288 e. The van der Waals surface area contributed by atoms with E-state index < -0.39 is 5.56 Å². The quantitative estimate of drug-likeness (QED) is 0.711. The zero-order valence-corrected chi connectivity index (χ0v) is 7.71. The Morgan fingerprint density at radius 3 is 3.08 bits per heavy atom. The van der Waals surface area contributed by atoms with Crippen LogP contribution < -0.4 is 10.9 Å². The van der Waals surface area contributed by atoms with Crippen LogP contribution in [0.4, 0.5) is 0 Å². The molecule has 1 heterocycles. The van der Waals surface area contributed by atoms with Crippen molar-refractivity contribution in [2.45, 2.75) is 6.54 Å². The van der Waals surface area contributed by atoms with E-state index in [1.165, 1.54) is 24.0 Å². The Bertz CT molecular complexity index is 374. The first kappa shape index (κ1) is 9.73. The van der Waals surface area contributed by atoms with Crippen LogP contribution in [0.5, 0.6) is 0 Å². The molecule has 1 aromatic rings. The Morgan fingerprint density at radius 2 is 2.46 bits per heavy atom. The summed E-state index contributed by atoms with van der Waals surface area (Å²) < 4.78 is 1.19. The molecule has 6 heteroatoms. The van der Waals surface area contributed by atoms with Crippen molar-refractivity contribution in [3.63, 3.8) is 0 Å². The lowest BCUT2D eigenvalue weighted by molar-refractivity contribution is -0.121. The Hall–Kier alpha value is -1.36. The fourth-order valence-electron chi connectivity index (χ4n) is 0.779. The maximum Gasteiger partial charge on any atom is 0.288 e. The number of hydrogen-bond acceptors (Lipinski definition) is 3. The average molecular weight is 202 g/mol. The van der Waals surface area contributed by atoms with Gasteiger partial charge in [-0.1, -0.05) is 11.6 Å². The Morgan fingerprint density at radius 1 is 1.77 bits per heavy atom. The summed E-state index contributed by atoms with van der Waals surface area (Å²) in [5.74, 6) is -0.260. The highest BCUT2D eigenvalue weighted by atomic mass is 35.5. The van der Waals surface area contributed by atoms with E-state index in [2.05, 4.69) is 10.3 Å². The minimum Gasteiger partial charge on any atom is -0.358 e. The molecular formula is C7H8ClN3O2. The van der Waals surface area contributed by atoms with Gasteiger partial charge in [-0.05, 0) is 0 Å². The van der Waals surface area contributed by atoms with Crippen LogP contribution in [-0.4, -0.2) is 22.5 Å². The molecule has 0 saturated carbocycles. The Kier molecular flexibility index (Phi) is 3.02. The molecule has 0 radical (unpaired) electrons. The van der Waals surface area contributed by atoms with Crippen LogP contribution in [0, 0.1) is 0 Å². The third-order valence-corrected chi connectivity index (χ3v) is 1.72. The van der Waals surface area contributed by atoms with Crippen LogP contribution in [0.25, 0.3) is 0 Å². The fourth-order valence-corrected chi connectivity index (χ4v) is 0.944. The van der Waals surface area contributed by atoms with Crippen molar-refractivity contribution in [3.8, 4) is 0 Å². The zero-order valence-electron chi connectivity index (χ0n) is 6.95. The zero-order chi connectivity index (χ0) is 9.84. The van der Waals surface area contributed by atoms with Gasteiger partial charge in [0.05, 0.1) is 0 Å². The molecule has 0 atom stereocenters. The van der Waals surface area contributed by atoms with Gasteiger partial charge in [-0.15, -0.1) is 0 Å². The molecule has 0 aliphatic rings. The molecule has 0 spiro atoms. The second-order valence-electron chi connectivity index (χ2n) is 2.32. The van der Waals surface area contributed by atoms with E-state index in [0.29, 0.717) is 0 Å². The molecule has 5 nitrogen and oxygen atoms in total. The molecule has 1 N–H and O–H groups in total. The largest absolute Gasteiger partial charge is 0.358 e. The van der Waals surface area contributed by atoms with Gasteiger partial charge in [-0.3, -0.25) is 9.59 Å². The highest BCUT2D eigenvalue weighted by Gasteiger charge is 2.04. The van der Waals surface area contributed by atoms with Crippen molar-refractivity contribution in [1.82, 2.24) is 14.9 Å². The van der Waals surface area contributed by atoms with Crippen molar-refractivity contribution in [3.05, 3.63) is 27.9 Å². The van der Waals surface area contributed by atoms with Crippen molar-refractivity contribution in [2.75, 3.05) is 7.05 Å². The van der Waals surface area contributed by atoms with E-state index >= 15 is 0 Å². The molecule has 0 saturated heterocycles.